The van der Waals surface area contributed by atoms with E-state index in [9.17, 15) is 4.79 Å². The molecule has 0 spiro atoms. The third-order valence-corrected chi connectivity index (χ3v) is 5.87. The van der Waals surface area contributed by atoms with Crippen molar-refractivity contribution in [3.8, 4) is 23.0 Å². The number of methoxy groups -OCH3 is 4. The normalized spacial score (nSPS) is 13.5. The summed E-state index contributed by atoms with van der Waals surface area (Å²) >= 11 is 0. The van der Waals surface area contributed by atoms with Crippen LogP contribution in [-0.2, 0) is 4.79 Å². The van der Waals surface area contributed by atoms with Gasteiger partial charge in [-0.2, -0.15) is 5.10 Å². The van der Waals surface area contributed by atoms with Gasteiger partial charge < -0.3 is 24.3 Å². The second-order valence-corrected chi connectivity index (χ2v) is 7.87. The van der Waals surface area contributed by atoms with E-state index in [4.69, 9.17) is 18.9 Å². The lowest BCUT2D eigenvalue weighted by Crippen LogP contribution is -2.13. The Labute approximate surface area is 204 Å². The number of hydrogen-bond acceptors (Lipinski definition) is 7. The van der Waals surface area contributed by atoms with E-state index in [2.05, 4.69) is 21.6 Å². The van der Waals surface area contributed by atoms with Crippen LogP contribution in [0.5, 0.6) is 23.0 Å². The zero-order valence-corrected chi connectivity index (χ0v) is 20.3. The van der Waals surface area contributed by atoms with E-state index in [1.807, 2.05) is 37.3 Å². The van der Waals surface area contributed by atoms with Crippen molar-refractivity contribution in [2.75, 3.05) is 33.8 Å². The molecule has 0 bridgehead atoms. The number of carbonyl (C=O) groups excluding carboxylic acids is 1. The first-order valence-electron chi connectivity index (χ1n) is 11.0. The number of nitrogens with one attached hydrogen (secondary N) is 1. The minimum absolute atomic E-state index is 0.176. The van der Waals surface area contributed by atoms with Gasteiger partial charge in [0.15, 0.2) is 17.3 Å². The van der Waals surface area contributed by atoms with Gasteiger partial charge in [-0.3, -0.25) is 4.79 Å². The maximum atomic E-state index is 12.9. The molecule has 0 radical (unpaired) electrons. The largest absolute Gasteiger partial charge is 0.497 e. The number of rotatable bonds is 8. The van der Waals surface area contributed by atoms with E-state index >= 15 is 0 Å². The van der Waals surface area contributed by atoms with Crippen LogP contribution in [0.4, 0.5) is 5.82 Å². The number of amides is 1. The van der Waals surface area contributed by atoms with Gasteiger partial charge in [-0.1, -0.05) is 6.07 Å². The molecule has 2 aromatic carbocycles. The van der Waals surface area contributed by atoms with Gasteiger partial charge in [0.2, 0.25) is 11.7 Å². The molecule has 1 heterocycles. The minimum atomic E-state index is -0.178. The van der Waals surface area contributed by atoms with Crippen LogP contribution >= 0.6 is 0 Å². The maximum Gasteiger partial charge on any atom is 0.230 e. The number of fused-ring (bicyclic) bond motifs is 1. The third kappa shape index (κ3) is 4.82. The van der Waals surface area contributed by atoms with Gasteiger partial charge in [0, 0.05) is 6.20 Å². The van der Waals surface area contributed by atoms with E-state index in [1.165, 1.54) is 0 Å². The summed E-state index contributed by atoms with van der Waals surface area (Å²) in [5.41, 5.74) is 5.75. The lowest BCUT2D eigenvalue weighted by molar-refractivity contribution is -0.115. The van der Waals surface area contributed by atoms with Crippen molar-refractivity contribution in [3.05, 3.63) is 70.9 Å². The Morgan fingerprint density at radius 3 is 2.29 bits per heavy atom. The molecule has 1 N–H and O–H groups in total. The highest BCUT2D eigenvalue weighted by Crippen LogP contribution is 2.46. The highest BCUT2D eigenvalue weighted by Gasteiger charge is 2.26. The van der Waals surface area contributed by atoms with Crippen LogP contribution < -0.4 is 24.3 Å². The number of anilines is 1. The molecule has 8 heteroatoms. The van der Waals surface area contributed by atoms with Gasteiger partial charge in [0.05, 0.1) is 34.9 Å². The van der Waals surface area contributed by atoms with E-state index in [0.29, 0.717) is 23.1 Å². The molecule has 0 saturated carbocycles. The van der Waals surface area contributed by atoms with Crippen LogP contribution in [0, 0.1) is 0 Å². The quantitative estimate of drug-likeness (QED) is 0.499. The Balaban J connectivity index is 1.77. The minimum Gasteiger partial charge on any atom is -0.497 e. The summed E-state index contributed by atoms with van der Waals surface area (Å²) in [7, 11) is 6.37. The average molecular weight is 474 g/mol. The van der Waals surface area contributed by atoms with Gasteiger partial charge in [-0.15, -0.1) is 5.10 Å². The van der Waals surface area contributed by atoms with Crippen molar-refractivity contribution in [1.29, 1.82) is 0 Å². The lowest BCUT2D eigenvalue weighted by atomic mass is 10.00. The molecule has 0 aliphatic heterocycles. The Morgan fingerprint density at radius 1 is 0.943 bits per heavy atom. The summed E-state index contributed by atoms with van der Waals surface area (Å²) in [6.07, 6.45) is 3.79. The van der Waals surface area contributed by atoms with Crippen LogP contribution in [-0.4, -0.2) is 44.5 Å². The molecule has 0 unspecified atom stereocenters. The predicted octanol–water partition coefficient (Wildman–Crippen LogP) is 4.87. The number of nitrogens with zero attached hydrogens (tertiary/aromatic N) is 2. The maximum absolute atomic E-state index is 12.9. The number of carbonyl (C=O) groups is 1. The summed E-state index contributed by atoms with van der Waals surface area (Å²) in [6, 6.07) is 13.1. The number of ether oxygens (including phenoxy) is 4. The molecular formula is C27H27N3O5. The Morgan fingerprint density at radius 2 is 1.69 bits per heavy atom. The van der Waals surface area contributed by atoms with E-state index in [-0.39, 0.29) is 12.3 Å². The van der Waals surface area contributed by atoms with Crippen LogP contribution in [0.3, 0.4) is 0 Å². The van der Waals surface area contributed by atoms with Gasteiger partial charge in [-0.25, -0.2) is 0 Å². The summed E-state index contributed by atoms with van der Waals surface area (Å²) in [6.45, 7) is 2.02. The van der Waals surface area contributed by atoms with Crippen molar-refractivity contribution in [1.82, 2.24) is 10.2 Å². The molecule has 8 nitrogen and oxygen atoms in total. The fourth-order valence-corrected chi connectivity index (χ4v) is 4.18. The monoisotopic (exact) mass is 473 g/mol. The highest BCUT2D eigenvalue weighted by atomic mass is 16.5. The average Bonchev–Trinajstić information content (AvgIpc) is 3.13. The van der Waals surface area contributed by atoms with Gasteiger partial charge >= 0.3 is 0 Å². The smallest absolute Gasteiger partial charge is 0.230 e. The van der Waals surface area contributed by atoms with E-state index in [0.717, 1.165) is 39.2 Å². The molecule has 1 aliphatic carbocycles. The van der Waals surface area contributed by atoms with Crippen LogP contribution in [0.1, 0.15) is 30.0 Å². The molecule has 0 saturated heterocycles. The molecule has 1 aliphatic rings. The number of allylic oxidation sites excluding steroid dienone is 2. The van der Waals surface area contributed by atoms with E-state index in [1.54, 1.807) is 46.8 Å². The Hall–Kier alpha value is -4.33. The van der Waals surface area contributed by atoms with Gasteiger partial charge in [-0.05, 0) is 82.8 Å². The zero-order valence-electron chi connectivity index (χ0n) is 20.3. The predicted molar refractivity (Wildman–Crippen MR) is 135 cm³/mol. The topological polar surface area (TPSA) is 91.8 Å². The summed E-state index contributed by atoms with van der Waals surface area (Å²) in [5.74, 6) is 2.61. The lowest BCUT2D eigenvalue weighted by Gasteiger charge is -2.13. The molecule has 4 rings (SSSR count). The second-order valence-electron chi connectivity index (χ2n) is 7.87. The highest BCUT2D eigenvalue weighted by molar-refractivity contribution is 6.10. The molecule has 3 aromatic rings. The van der Waals surface area contributed by atoms with Gasteiger partial charge in [0.25, 0.3) is 0 Å². The zero-order chi connectivity index (χ0) is 24.9. The van der Waals surface area contributed by atoms with Crippen molar-refractivity contribution in [2.24, 2.45) is 0 Å². The van der Waals surface area contributed by atoms with Crippen LogP contribution in [0.2, 0.25) is 0 Å². The fourth-order valence-electron chi connectivity index (χ4n) is 4.18. The molecular weight excluding hydrogens is 446 g/mol. The number of aromatic nitrogens is 2. The van der Waals surface area contributed by atoms with Gasteiger partial charge in [0.1, 0.15) is 5.75 Å². The molecule has 0 atom stereocenters. The first-order valence-corrected chi connectivity index (χ1v) is 11.0. The molecule has 180 valence electrons. The Bertz CT molecular complexity index is 1290. The van der Waals surface area contributed by atoms with Crippen molar-refractivity contribution >= 4 is 28.9 Å². The summed E-state index contributed by atoms with van der Waals surface area (Å²) in [5, 5.41) is 10.6. The van der Waals surface area contributed by atoms with Crippen molar-refractivity contribution in [3.63, 3.8) is 0 Å². The standard InChI is InChI=1S/C27H27N3O5/c1-16-20(11-17-12-23(33-3)27(35-5)24(13-17)34-4)19-9-8-18(32-2)14-22(19)21(16)15-26(31)29-25-7-6-10-28-30-25/h6-14H,15H2,1-5H3,(H,29,30,31). The Kier molecular flexibility index (Phi) is 7.01. The summed E-state index contributed by atoms with van der Waals surface area (Å²) in [4.78, 5) is 12.9. The molecule has 1 aromatic heterocycles. The fraction of sp³-hybridized carbons (Fsp3) is 0.222. The summed E-state index contributed by atoms with van der Waals surface area (Å²) < 4.78 is 21.9. The SMILES string of the molecule is COc1ccc2c(c1)C(CC(=O)Nc1cccnn1)=C(C)C2=Cc1cc(OC)c(OC)c(OC)c1. The molecule has 1 amide bonds. The van der Waals surface area contributed by atoms with E-state index < -0.39 is 0 Å². The van der Waals surface area contributed by atoms with Crippen molar-refractivity contribution < 1.29 is 23.7 Å². The number of benzene rings is 2. The van der Waals surface area contributed by atoms with Crippen LogP contribution in [0.25, 0.3) is 17.2 Å². The van der Waals surface area contributed by atoms with Crippen molar-refractivity contribution in [2.45, 2.75) is 13.3 Å². The number of hydrogen-bond donors (Lipinski definition) is 1. The first kappa shape index (κ1) is 23.8. The molecule has 35 heavy (non-hydrogen) atoms. The second kappa shape index (κ2) is 10.3. The molecule has 0 fully saturated rings. The first-order chi connectivity index (χ1) is 17.0. The third-order valence-electron chi connectivity index (χ3n) is 5.87. The van der Waals surface area contributed by atoms with Crippen LogP contribution in [0.15, 0.2) is 54.2 Å².